The topological polar surface area (TPSA) is 88.0 Å². The van der Waals surface area contributed by atoms with Gasteiger partial charge in [0.2, 0.25) is 0 Å². The Labute approximate surface area is 272 Å². The minimum absolute atomic E-state index is 0. The third-order valence-corrected chi connectivity index (χ3v) is 12.7. The van der Waals surface area contributed by atoms with E-state index in [1.165, 1.54) is 56.9 Å². The van der Waals surface area contributed by atoms with E-state index in [1.54, 1.807) is 0 Å². The first-order valence-corrected chi connectivity index (χ1v) is 17.3. The Morgan fingerprint density at radius 2 is 1.74 bits per heavy atom. The van der Waals surface area contributed by atoms with Gasteiger partial charge in [-0.2, -0.15) is 4.89 Å². The minimum atomic E-state index is -0.568. The van der Waals surface area contributed by atoms with E-state index in [0.29, 0.717) is 36.1 Å². The summed E-state index contributed by atoms with van der Waals surface area (Å²) < 4.78 is 0.490. The van der Waals surface area contributed by atoms with Gasteiger partial charge < -0.3 is 37.0 Å². The Morgan fingerprint density at radius 1 is 1.02 bits per heavy atom. The maximum absolute atomic E-state index is 12.3. The number of hydrogen-bond donors (Lipinski definition) is 3. The highest BCUT2D eigenvalue weighted by atomic mass is 79.9. The molecular formula is C35H63BrN2O5. The van der Waals surface area contributed by atoms with Gasteiger partial charge in [0.15, 0.2) is 0 Å². The van der Waals surface area contributed by atoms with Crippen LogP contribution in [0.3, 0.4) is 0 Å². The number of nitrogens with one attached hydrogen (secondary N) is 1. The van der Waals surface area contributed by atoms with Crippen LogP contribution in [0.25, 0.3) is 0 Å². The first-order chi connectivity index (χ1) is 20.0. The van der Waals surface area contributed by atoms with E-state index in [1.807, 2.05) is 7.05 Å². The lowest BCUT2D eigenvalue weighted by atomic mass is 9.47. The minimum Gasteiger partial charge on any atom is -1.00 e. The average molecular weight is 672 g/mol. The first kappa shape index (κ1) is 36.8. The summed E-state index contributed by atoms with van der Waals surface area (Å²) in [7, 11) is 1.96. The van der Waals surface area contributed by atoms with Crippen LogP contribution in [0.2, 0.25) is 0 Å². The van der Waals surface area contributed by atoms with E-state index in [0.717, 1.165) is 54.8 Å². The van der Waals surface area contributed by atoms with Crippen LogP contribution >= 0.6 is 0 Å². The van der Waals surface area contributed by atoms with Crippen LogP contribution in [0.4, 0.5) is 4.79 Å². The van der Waals surface area contributed by atoms with Gasteiger partial charge in [0.05, 0.1) is 33.4 Å². The molecule has 3 fully saturated rings. The summed E-state index contributed by atoms with van der Waals surface area (Å²) in [6, 6.07) is 0. The number of halogens is 1. The molecule has 0 aromatic carbocycles. The molecule has 0 aromatic heterocycles. The Morgan fingerprint density at radius 3 is 2.42 bits per heavy atom. The predicted octanol–water partition coefficient (Wildman–Crippen LogP) is 3.49. The number of carbonyl (C=O) groups is 1. The Bertz CT molecular complexity index is 924. The molecule has 8 heteroatoms. The molecule has 3 saturated carbocycles. The molecular weight excluding hydrogens is 608 g/mol. The second kappa shape index (κ2) is 15.8. The molecule has 43 heavy (non-hydrogen) atoms. The normalized spacial score (nSPS) is 34.3. The number of aliphatic hydroxyl groups excluding tert-OH is 2. The van der Waals surface area contributed by atoms with Gasteiger partial charge >= 0.3 is 6.09 Å². The summed E-state index contributed by atoms with van der Waals surface area (Å²) in [6.07, 6.45) is 15.7. The summed E-state index contributed by atoms with van der Waals surface area (Å²) >= 11 is 0. The van der Waals surface area contributed by atoms with Crippen LogP contribution in [-0.2, 0) is 9.78 Å². The molecule has 4 aliphatic rings. The lowest BCUT2D eigenvalue weighted by molar-refractivity contribution is -0.908. The van der Waals surface area contributed by atoms with Crippen molar-refractivity contribution in [3.8, 4) is 0 Å². The number of carbonyl (C=O) groups excluding carboxylic acids is 1. The fourth-order valence-corrected chi connectivity index (χ4v) is 10.1. The van der Waals surface area contributed by atoms with Crippen molar-refractivity contribution >= 4 is 6.09 Å². The fraction of sp³-hybridized carbons (Fsp3) is 0.914. The molecule has 0 heterocycles. The van der Waals surface area contributed by atoms with E-state index in [9.17, 15) is 15.0 Å². The van der Waals surface area contributed by atoms with Crippen LogP contribution in [-0.4, -0.2) is 73.3 Å². The Hall–Kier alpha value is -0.670. The number of nitrogens with zero attached hydrogens (tertiary/aromatic N) is 1. The number of allylic oxidation sites excluding steroid dienone is 1. The molecule has 0 aromatic rings. The van der Waals surface area contributed by atoms with Gasteiger partial charge in [0.25, 0.3) is 0 Å². The van der Waals surface area contributed by atoms with Gasteiger partial charge in [-0.05, 0) is 97.7 Å². The van der Waals surface area contributed by atoms with Crippen molar-refractivity contribution in [1.82, 2.24) is 5.32 Å². The highest BCUT2D eigenvalue weighted by molar-refractivity contribution is 5.66. The monoisotopic (exact) mass is 670 g/mol. The van der Waals surface area contributed by atoms with E-state index < -0.39 is 6.09 Å². The summed E-state index contributed by atoms with van der Waals surface area (Å²) in [4.78, 5) is 23.2. The third-order valence-electron chi connectivity index (χ3n) is 12.7. The van der Waals surface area contributed by atoms with Gasteiger partial charge in [0.1, 0.15) is 19.2 Å². The van der Waals surface area contributed by atoms with Crippen molar-refractivity contribution < 1.29 is 46.2 Å². The molecule has 7 nitrogen and oxygen atoms in total. The summed E-state index contributed by atoms with van der Waals surface area (Å²) in [5.41, 5.74) is 2.29. The maximum atomic E-state index is 12.3. The number of amides is 1. The van der Waals surface area contributed by atoms with Crippen molar-refractivity contribution in [2.45, 2.75) is 111 Å². The van der Waals surface area contributed by atoms with E-state index in [4.69, 9.17) is 9.78 Å². The molecule has 4 rings (SSSR count). The lowest BCUT2D eigenvalue weighted by Crippen LogP contribution is -3.00. The standard InChI is InChI=1S/C35H62N2O5.BrH/c1-25(2)8-7-9-26(3)30-12-13-31-29-11-10-27-24-28(14-16-34(27,4)32(29)15-17-35(30,31)5)41-42-33(40)36-18-19-37(6,20-22-38)21-23-39;/h10,25-26,28-32,38-39H,7-9,11-24H2,1-6H3;1H/t26-,28+,29+,30-,31+,32+,34+,35-;/m1./s1. The Balaban J connectivity index is 0.00000506. The van der Waals surface area contributed by atoms with Gasteiger partial charge in [-0.25, -0.2) is 4.79 Å². The number of rotatable bonds is 14. The zero-order valence-electron chi connectivity index (χ0n) is 28.1. The largest absolute Gasteiger partial charge is 1.00 e. The van der Waals surface area contributed by atoms with Crippen molar-refractivity contribution in [2.75, 3.05) is 46.4 Å². The number of aliphatic hydroxyl groups is 2. The second-order valence-electron chi connectivity index (χ2n) is 15.8. The zero-order valence-corrected chi connectivity index (χ0v) is 29.7. The van der Waals surface area contributed by atoms with Crippen molar-refractivity contribution in [3.05, 3.63) is 11.6 Å². The van der Waals surface area contributed by atoms with E-state index in [-0.39, 0.29) is 41.7 Å². The first-order valence-electron chi connectivity index (χ1n) is 17.3. The van der Waals surface area contributed by atoms with Crippen molar-refractivity contribution in [3.63, 3.8) is 0 Å². The molecule has 0 bridgehead atoms. The number of likely N-dealkylation sites (N-methyl/N-ethyl adjacent to an activating group) is 1. The van der Waals surface area contributed by atoms with Crippen LogP contribution in [0, 0.1) is 46.3 Å². The van der Waals surface area contributed by atoms with Gasteiger partial charge in [-0.1, -0.05) is 65.5 Å². The predicted molar refractivity (Wildman–Crippen MR) is 167 cm³/mol. The smallest absolute Gasteiger partial charge is 0.438 e. The molecule has 0 spiro atoms. The van der Waals surface area contributed by atoms with Crippen molar-refractivity contribution in [1.29, 1.82) is 0 Å². The van der Waals surface area contributed by atoms with Gasteiger partial charge in [-0.3, -0.25) is 4.89 Å². The van der Waals surface area contributed by atoms with Crippen LogP contribution in [0.5, 0.6) is 0 Å². The van der Waals surface area contributed by atoms with Crippen molar-refractivity contribution in [2.24, 2.45) is 46.3 Å². The molecule has 1 amide bonds. The highest BCUT2D eigenvalue weighted by Crippen LogP contribution is 2.67. The van der Waals surface area contributed by atoms with Gasteiger partial charge in [-0.15, -0.1) is 0 Å². The van der Waals surface area contributed by atoms with Crippen LogP contribution in [0.1, 0.15) is 105 Å². The Kier molecular flexibility index (Phi) is 13.5. The molecule has 8 atom stereocenters. The average Bonchev–Trinajstić information content (AvgIpc) is 3.29. The number of quaternary nitrogens is 1. The number of fused-ring (bicyclic) bond motifs is 5. The highest BCUT2D eigenvalue weighted by Gasteiger charge is 2.59. The molecule has 4 aliphatic carbocycles. The number of hydrogen-bond acceptors (Lipinski definition) is 5. The summed E-state index contributed by atoms with van der Waals surface area (Å²) in [5.74, 6) is 4.98. The molecule has 3 N–H and O–H groups in total. The zero-order chi connectivity index (χ0) is 30.5. The lowest BCUT2D eigenvalue weighted by Gasteiger charge is -2.58. The summed E-state index contributed by atoms with van der Waals surface area (Å²) in [6.45, 7) is 14.6. The van der Waals surface area contributed by atoms with E-state index >= 15 is 0 Å². The fourth-order valence-electron chi connectivity index (χ4n) is 10.1. The van der Waals surface area contributed by atoms with Crippen LogP contribution in [0.15, 0.2) is 11.6 Å². The molecule has 0 saturated heterocycles. The maximum Gasteiger partial charge on any atom is 0.438 e. The molecule has 0 unspecified atom stereocenters. The molecule has 250 valence electrons. The molecule has 0 aliphatic heterocycles. The quantitative estimate of drug-likeness (QED) is 0.114. The molecule has 0 radical (unpaired) electrons. The summed E-state index contributed by atoms with van der Waals surface area (Å²) in [5, 5.41) is 21.4. The van der Waals surface area contributed by atoms with E-state index in [2.05, 4.69) is 46.0 Å². The second-order valence-corrected chi connectivity index (χ2v) is 15.8. The third kappa shape index (κ3) is 8.38. The SMILES string of the molecule is CC(C)CCC[C@@H](C)[C@H]1CC[C@H]2[C@@H]3CC=C4C[C@@H](OOC(=O)NCC[N+](C)(CCO)CCO)CC[C@]4(C)[C@H]3CC[C@]12C.[Br-]. The van der Waals surface area contributed by atoms with Gasteiger partial charge in [0, 0.05) is 0 Å². The van der Waals surface area contributed by atoms with Crippen LogP contribution < -0.4 is 22.3 Å².